The lowest BCUT2D eigenvalue weighted by atomic mass is 10.2. The maximum absolute atomic E-state index is 4.11. The average Bonchev–Trinajstić information content (AvgIpc) is 2.69. The monoisotopic (exact) mass is 222 g/mol. The molecule has 2 nitrogen and oxygen atoms in total. The molecule has 15 heavy (non-hydrogen) atoms. The Hall–Kier alpha value is -0.700. The van der Waals surface area contributed by atoms with E-state index in [2.05, 4.69) is 29.5 Å². The molecule has 3 heteroatoms. The van der Waals surface area contributed by atoms with Crippen molar-refractivity contribution >= 4 is 17.4 Å². The largest absolute Gasteiger partial charge is 0.381 e. The van der Waals surface area contributed by atoms with E-state index in [1.54, 1.807) is 0 Å². The van der Waals surface area contributed by atoms with Crippen molar-refractivity contribution in [1.29, 1.82) is 0 Å². The minimum absolute atomic E-state index is 0.640. The molecule has 1 aliphatic rings. The van der Waals surface area contributed by atoms with Gasteiger partial charge in [0.15, 0.2) is 0 Å². The van der Waals surface area contributed by atoms with Crippen LogP contribution in [0.3, 0.4) is 0 Å². The van der Waals surface area contributed by atoms with Gasteiger partial charge in [-0.1, -0.05) is 6.42 Å². The average molecular weight is 222 g/mol. The number of anilines is 1. The molecule has 2 atom stereocenters. The number of thioether (sulfide) groups is 1. The van der Waals surface area contributed by atoms with Gasteiger partial charge >= 0.3 is 0 Å². The maximum atomic E-state index is 4.11. The Balaban J connectivity index is 2.05. The Kier molecular flexibility index (Phi) is 3.52. The van der Waals surface area contributed by atoms with Crippen LogP contribution in [0, 0.1) is 6.92 Å². The molecule has 1 fully saturated rings. The number of aromatic nitrogens is 1. The second-order valence-corrected chi connectivity index (χ2v) is 5.22. The first-order valence-corrected chi connectivity index (χ1v) is 6.80. The highest BCUT2D eigenvalue weighted by molar-refractivity contribution is 7.99. The molecule has 0 bridgehead atoms. The molecule has 0 radical (unpaired) electrons. The van der Waals surface area contributed by atoms with Crippen LogP contribution in [0.2, 0.25) is 0 Å². The third-order valence-electron chi connectivity index (χ3n) is 3.12. The molecule has 0 aliphatic heterocycles. The molecule has 1 aliphatic carbocycles. The summed E-state index contributed by atoms with van der Waals surface area (Å²) in [7, 11) is 0. The summed E-state index contributed by atoms with van der Waals surface area (Å²) in [6.07, 6.45) is 10.00. The van der Waals surface area contributed by atoms with Crippen molar-refractivity contribution in [3.63, 3.8) is 0 Å². The van der Waals surface area contributed by atoms with Gasteiger partial charge in [-0.05, 0) is 37.7 Å². The summed E-state index contributed by atoms with van der Waals surface area (Å²) < 4.78 is 0. The summed E-state index contributed by atoms with van der Waals surface area (Å²) in [6, 6.07) is 2.71. The van der Waals surface area contributed by atoms with E-state index in [0.29, 0.717) is 6.04 Å². The Bertz CT molecular complexity index is 327. The Morgan fingerprint density at radius 3 is 3.07 bits per heavy atom. The molecule has 1 aromatic rings. The van der Waals surface area contributed by atoms with Gasteiger partial charge in [0, 0.05) is 29.4 Å². The lowest BCUT2D eigenvalue weighted by Crippen LogP contribution is -2.26. The molecule has 0 saturated heterocycles. The van der Waals surface area contributed by atoms with Crippen molar-refractivity contribution in [3.05, 3.63) is 24.0 Å². The van der Waals surface area contributed by atoms with Crippen LogP contribution in [0.4, 0.5) is 5.69 Å². The van der Waals surface area contributed by atoms with E-state index in [1.165, 1.54) is 30.5 Å². The molecule has 0 amide bonds. The van der Waals surface area contributed by atoms with E-state index in [1.807, 2.05) is 24.2 Å². The lowest BCUT2D eigenvalue weighted by Gasteiger charge is -2.21. The van der Waals surface area contributed by atoms with Crippen LogP contribution in [0.5, 0.6) is 0 Å². The van der Waals surface area contributed by atoms with Gasteiger partial charge in [-0.2, -0.15) is 11.8 Å². The number of hydrogen-bond acceptors (Lipinski definition) is 3. The number of nitrogens with zero attached hydrogens (tertiary/aromatic N) is 1. The second kappa shape index (κ2) is 4.88. The number of pyridine rings is 1. The van der Waals surface area contributed by atoms with Gasteiger partial charge in [0.1, 0.15) is 0 Å². The molecule has 2 rings (SSSR count). The molecular weight excluding hydrogens is 204 g/mol. The second-order valence-electron chi connectivity index (χ2n) is 4.15. The Morgan fingerprint density at radius 2 is 2.33 bits per heavy atom. The molecule has 1 saturated carbocycles. The summed E-state index contributed by atoms with van der Waals surface area (Å²) in [5, 5.41) is 4.42. The number of rotatable bonds is 3. The van der Waals surface area contributed by atoms with E-state index < -0.39 is 0 Å². The first kappa shape index (κ1) is 10.8. The van der Waals surface area contributed by atoms with Crippen molar-refractivity contribution in [2.24, 2.45) is 0 Å². The Labute approximate surface area is 95.9 Å². The van der Waals surface area contributed by atoms with Crippen LogP contribution in [0.1, 0.15) is 24.8 Å². The van der Waals surface area contributed by atoms with Gasteiger partial charge in [0.05, 0.1) is 0 Å². The lowest BCUT2D eigenvalue weighted by molar-refractivity contribution is 0.767. The van der Waals surface area contributed by atoms with Crippen molar-refractivity contribution in [2.45, 2.75) is 37.5 Å². The molecule has 82 valence electrons. The Morgan fingerprint density at radius 1 is 1.47 bits per heavy atom. The van der Waals surface area contributed by atoms with Crippen LogP contribution >= 0.6 is 11.8 Å². The minimum atomic E-state index is 0.640. The zero-order valence-electron chi connectivity index (χ0n) is 9.36. The maximum Gasteiger partial charge on any atom is 0.0403 e. The summed E-state index contributed by atoms with van der Waals surface area (Å²) in [5.74, 6) is 0. The van der Waals surface area contributed by atoms with E-state index in [9.17, 15) is 0 Å². The third-order valence-corrected chi connectivity index (χ3v) is 4.29. The first-order chi connectivity index (χ1) is 7.31. The summed E-state index contributed by atoms with van der Waals surface area (Å²) in [6.45, 7) is 2.11. The standard InChI is InChI=1S/C12H18N2S/c1-9-8-13-7-6-10(9)14-11-4-3-5-12(11)15-2/h6-8,11-12H,3-5H2,1-2H3,(H,13,14). The third kappa shape index (κ3) is 2.46. The number of hydrogen-bond donors (Lipinski definition) is 1. The summed E-state index contributed by atoms with van der Waals surface area (Å²) >= 11 is 1.99. The van der Waals surface area contributed by atoms with Gasteiger partial charge in [-0.3, -0.25) is 4.98 Å². The summed E-state index contributed by atoms with van der Waals surface area (Å²) in [5.41, 5.74) is 2.49. The zero-order chi connectivity index (χ0) is 10.7. The topological polar surface area (TPSA) is 24.9 Å². The van der Waals surface area contributed by atoms with E-state index >= 15 is 0 Å². The molecule has 0 aromatic carbocycles. The van der Waals surface area contributed by atoms with Crippen LogP contribution in [-0.2, 0) is 0 Å². The molecule has 1 heterocycles. The SMILES string of the molecule is CSC1CCCC1Nc1ccncc1C. The number of nitrogens with one attached hydrogen (secondary N) is 1. The van der Waals surface area contributed by atoms with Crippen LogP contribution < -0.4 is 5.32 Å². The van der Waals surface area contributed by atoms with Gasteiger partial charge < -0.3 is 5.32 Å². The normalized spacial score (nSPS) is 25.5. The molecule has 0 spiro atoms. The van der Waals surface area contributed by atoms with E-state index in [-0.39, 0.29) is 0 Å². The van der Waals surface area contributed by atoms with Crippen LogP contribution in [0.25, 0.3) is 0 Å². The van der Waals surface area contributed by atoms with Crippen LogP contribution in [0.15, 0.2) is 18.5 Å². The van der Waals surface area contributed by atoms with Crippen molar-refractivity contribution in [1.82, 2.24) is 4.98 Å². The predicted molar refractivity (Wildman–Crippen MR) is 67.5 cm³/mol. The molecule has 2 unspecified atom stereocenters. The molecular formula is C12H18N2S. The fourth-order valence-corrected chi connectivity index (χ4v) is 3.14. The quantitative estimate of drug-likeness (QED) is 0.850. The van der Waals surface area contributed by atoms with Crippen molar-refractivity contribution in [3.8, 4) is 0 Å². The highest BCUT2D eigenvalue weighted by atomic mass is 32.2. The first-order valence-electron chi connectivity index (χ1n) is 5.51. The minimum Gasteiger partial charge on any atom is -0.381 e. The highest BCUT2D eigenvalue weighted by Crippen LogP contribution is 2.31. The fourth-order valence-electron chi connectivity index (χ4n) is 2.21. The highest BCUT2D eigenvalue weighted by Gasteiger charge is 2.26. The summed E-state index contributed by atoms with van der Waals surface area (Å²) in [4.78, 5) is 4.11. The van der Waals surface area contributed by atoms with Crippen molar-refractivity contribution < 1.29 is 0 Å². The molecule has 1 N–H and O–H groups in total. The van der Waals surface area contributed by atoms with Gasteiger partial charge in [-0.25, -0.2) is 0 Å². The zero-order valence-corrected chi connectivity index (χ0v) is 10.2. The molecule has 1 aromatic heterocycles. The van der Waals surface area contributed by atoms with Crippen LogP contribution in [-0.4, -0.2) is 22.5 Å². The van der Waals surface area contributed by atoms with Gasteiger partial charge in [0.2, 0.25) is 0 Å². The van der Waals surface area contributed by atoms with E-state index in [4.69, 9.17) is 0 Å². The smallest absolute Gasteiger partial charge is 0.0403 e. The van der Waals surface area contributed by atoms with Gasteiger partial charge in [-0.15, -0.1) is 0 Å². The van der Waals surface area contributed by atoms with E-state index in [0.717, 1.165) is 5.25 Å². The van der Waals surface area contributed by atoms with Crippen molar-refractivity contribution in [2.75, 3.05) is 11.6 Å². The number of aryl methyl sites for hydroxylation is 1. The predicted octanol–water partition coefficient (Wildman–Crippen LogP) is 3.09. The fraction of sp³-hybridized carbons (Fsp3) is 0.583. The van der Waals surface area contributed by atoms with Gasteiger partial charge in [0.25, 0.3) is 0 Å².